The third-order valence-corrected chi connectivity index (χ3v) is 6.48. The van der Waals surface area contributed by atoms with Crippen LogP contribution in [0.25, 0.3) is 17.5 Å². The molecule has 0 radical (unpaired) electrons. The zero-order valence-electron chi connectivity index (χ0n) is 18.2. The molecule has 1 aliphatic carbocycles. The number of fused-ring (bicyclic) bond motifs is 1. The summed E-state index contributed by atoms with van der Waals surface area (Å²) < 4.78 is 0. The van der Waals surface area contributed by atoms with Crippen LogP contribution >= 0.6 is 0 Å². The summed E-state index contributed by atoms with van der Waals surface area (Å²) in [6.45, 7) is 14.4. The minimum atomic E-state index is 0.194. The maximum absolute atomic E-state index is 9.54. The molecular formula is C24H34N4O. The fourth-order valence-electron chi connectivity index (χ4n) is 4.56. The van der Waals surface area contributed by atoms with Crippen molar-refractivity contribution in [1.29, 1.82) is 0 Å². The van der Waals surface area contributed by atoms with E-state index in [1.807, 2.05) is 0 Å². The molecule has 1 aliphatic heterocycles. The van der Waals surface area contributed by atoms with Crippen molar-refractivity contribution in [1.82, 2.24) is 20.1 Å². The van der Waals surface area contributed by atoms with Gasteiger partial charge in [-0.1, -0.05) is 39.5 Å². The number of aromatic amines is 2. The smallest absolute Gasteiger partial charge is 0.112 e. The van der Waals surface area contributed by atoms with Crippen LogP contribution in [0.3, 0.4) is 0 Å². The Morgan fingerprint density at radius 1 is 1.34 bits per heavy atom. The second kappa shape index (κ2) is 7.52. The van der Waals surface area contributed by atoms with Crippen molar-refractivity contribution in [3.8, 4) is 11.4 Å². The summed E-state index contributed by atoms with van der Waals surface area (Å²) in [6, 6.07) is 2.53. The summed E-state index contributed by atoms with van der Waals surface area (Å²) in [6.07, 6.45) is 8.58. The molecule has 0 aromatic carbocycles. The van der Waals surface area contributed by atoms with Gasteiger partial charge in [-0.2, -0.15) is 5.10 Å². The lowest BCUT2D eigenvalue weighted by atomic mass is 9.88. The predicted molar refractivity (Wildman–Crippen MR) is 118 cm³/mol. The van der Waals surface area contributed by atoms with Gasteiger partial charge in [-0.15, -0.1) is 0 Å². The van der Waals surface area contributed by atoms with Crippen molar-refractivity contribution in [2.24, 2.45) is 11.3 Å². The summed E-state index contributed by atoms with van der Waals surface area (Å²) in [7, 11) is 0. The minimum Gasteiger partial charge on any atom is -0.396 e. The van der Waals surface area contributed by atoms with Gasteiger partial charge in [0, 0.05) is 41.5 Å². The van der Waals surface area contributed by atoms with Crippen LogP contribution in [0.4, 0.5) is 0 Å². The Hall–Kier alpha value is -2.27. The molecule has 5 nitrogen and oxygen atoms in total. The highest BCUT2D eigenvalue weighted by atomic mass is 16.3. The van der Waals surface area contributed by atoms with E-state index in [0.29, 0.717) is 11.5 Å². The lowest BCUT2D eigenvalue weighted by Gasteiger charge is -2.30. The summed E-state index contributed by atoms with van der Waals surface area (Å²) in [4.78, 5) is 6.01. The third kappa shape index (κ3) is 3.93. The number of aromatic nitrogens is 3. The molecule has 3 heterocycles. The Kier molecular flexibility index (Phi) is 5.19. The second-order valence-electron chi connectivity index (χ2n) is 9.84. The minimum absolute atomic E-state index is 0.194. The van der Waals surface area contributed by atoms with Crippen molar-refractivity contribution in [3.63, 3.8) is 0 Å². The van der Waals surface area contributed by atoms with Gasteiger partial charge in [-0.25, -0.2) is 0 Å². The van der Waals surface area contributed by atoms with E-state index in [0.717, 1.165) is 55.0 Å². The number of likely N-dealkylation sites (tertiary alicyclic amines) is 1. The van der Waals surface area contributed by atoms with E-state index in [1.54, 1.807) is 0 Å². The van der Waals surface area contributed by atoms with Crippen LogP contribution in [-0.4, -0.2) is 44.4 Å². The lowest BCUT2D eigenvalue weighted by molar-refractivity contribution is 0.244. The predicted octanol–water partition coefficient (Wildman–Crippen LogP) is 4.46. The van der Waals surface area contributed by atoms with Gasteiger partial charge in [0.05, 0.1) is 18.3 Å². The number of nitrogens with one attached hydrogen (secondary N) is 2. The Morgan fingerprint density at radius 2 is 2.14 bits per heavy atom. The first-order valence-electron chi connectivity index (χ1n) is 10.8. The molecule has 29 heavy (non-hydrogen) atoms. The van der Waals surface area contributed by atoms with Crippen LogP contribution in [-0.2, 0) is 12.8 Å². The van der Waals surface area contributed by atoms with Gasteiger partial charge in [0.15, 0.2) is 0 Å². The van der Waals surface area contributed by atoms with Crippen LogP contribution in [0.1, 0.15) is 56.1 Å². The van der Waals surface area contributed by atoms with Crippen molar-refractivity contribution in [2.75, 3.05) is 13.2 Å². The lowest BCUT2D eigenvalue weighted by Crippen LogP contribution is -2.33. The monoisotopic (exact) mass is 394 g/mol. The SMILES string of the molecule is C=C1C(CO)CCN1C1C=Cc2cc(-c3n[nH]c(C)c3CCC(C)(C)C)[nH]c2C1. The number of aliphatic hydroxyl groups excluding tert-OH is 1. The zero-order valence-corrected chi connectivity index (χ0v) is 18.2. The number of nitrogens with zero attached hydrogens (tertiary/aromatic N) is 2. The van der Waals surface area contributed by atoms with E-state index in [2.05, 4.69) is 72.6 Å². The standard InChI is InChI=1S/C24H34N4O/c1-15-20(8-10-24(3,4)5)23(27-26-15)22-12-17-6-7-19(13-21(17)25-22)28-11-9-18(14-29)16(28)2/h6-7,12,18-19,25,29H,2,8-11,13-14H2,1,3-5H3,(H,26,27). The van der Waals surface area contributed by atoms with Gasteiger partial charge in [0.2, 0.25) is 0 Å². The Balaban J connectivity index is 1.54. The maximum Gasteiger partial charge on any atom is 0.112 e. The molecule has 0 saturated carbocycles. The molecule has 1 saturated heterocycles. The summed E-state index contributed by atoms with van der Waals surface area (Å²) in [5.41, 5.74) is 8.52. The van der Waals surface area contributed by atoms with Crippen LogP contribution in [0.5, 0.6) is 0 Å². The molecule has 0 bridgehead atoms. The molecule has 2 aromatic heterocycles. The van der Waals surface area contributed by atoms with Crippen LogP contribution in [0.2, 0.25) is 0 Å². The first kappa shape index (κ1) is 20.0. The summed E-state index contributed by atoms with van der Waals surface area (Å²) in [5.74, 6) is 0.210. The fraction of sp³-hybridized carbons (Fsp3) is 0.542. The molecule has 156 valence electrons. The summed E-state index contributed by atoms with van der Waals surface area (Å²) in [5, 5.41) is 17.4. The van der Waals surface area contributed by atoms with Gasteiger partial charge >= 0.3 is 0 Å². The average molecular weight is 395 g/mol. The Morgan fingerprint density at radius 3 is 2.83 bits per heavy atom. The highest BCUT2D eigenvalue weighted by molar-refractivity contribution is 5.68. The van der Waals surface area contributed by atoms with Gasteiger partial charge in [0.1, 0.15) is 5.69 Å². The molecule has 0 spiro atoms. The van der Waals surface area contributed by atoms with E-state index in [1.165, 1.54) is 16.8 Å². The maximum atomic E-state index is 9.54. The molecule has 0 amide bonds. The molecule has 1 fully saturated rings. The van der Waals surface area contributed by atoms with Gasteiger partial charge in [-0.3, -0.25) is 5.10 Å². The zero-order chi connectivity index (χ0) is 20.8. The van der Waals surface area contributed by atoms with E-state index in [9.17, 15) is 5.11 Å². The second-order valence-corrected chi connectivity index (χ2v) is 9.84. The van der Waals surface area contributed by atoms with Crippen molar-refractivity contribution < 1.29 is 5.11 Å². The third-order valence-electron chi connectivity index (χ3n) is 6.48. The highest BCUT2D eigenvalue weighted by Crippen LogP contribution is 2.35. The van der Waals surface area contributed by atoms with Gasteiger partial charge in [-0.05, 0) is 43.2 Å². The molecule has 2 atom stereocenters. The molecular weight excluding hydrogens is 360 g/mol. The molecule has 5 heteroatoms. The molecule has 4 rings (SSSR count). The van der Waals surface area contributed by atoms with Crippen LogP contribution < -0.4 is 0 Å². The first-order valence-corrected chi connectivity index (χ1v) is 10.8. The molecule has 2 aliphatic rings. The summed E-state index contributed by atoms with van der Waals surface area (Å²) >= 11 is 0. The quantitative estimate of drug-likeness (QED) is 0.701. The molecule has 2 unspecified atom stereocenters. The van der Waals surface area contributed by atoms with Gasteiger partial charge < -0.3 is 15.0 Å². The van der Waals surface area contributed by atoms with Gasteiger partial charge in [0.25, 0.3) is 0 Å². The normalized spacial score (nSPS) is 21.8. The van der Waals surface area contributed by atoms with Crippen LogP contribution in [0.15, 0.2) is 24.4 Å². The van der Waals surface area contributed by atoms with E-state index >= 15 is 0 Å². The number of hydrogen-bond donors (Lipinski definition) is 3. The number of H-pyrrole nitrogens is 2. The topological polar surface area (TPSA) is 67.9 Å². The Bertz CT molecular complexity index is 927. The molecule has 2 aromatic rings. The van der Waals surface area contributed by atoms with Crippen LogP contribution in [0, 0.1) is 18.3 Å². The number of aryl methyl sites for hydroxylation is 1. The van der Waals surface area contributed by atoms with Crippen molar-refractivity contribution >= 4 is 6.08 Å². The largest absolute Gasteiger partial charge is 0.396 e. The number of aliphatic hydroxyl groups is 1. The Labute approximate surface area is 173 Å². The van der Waals surface area contributed by atoms with E-state index in [-0.39, 0.29) is 12.5 Å². The average Bonchev–Trinajstić information content (AvgIpc) is 3.34. The van der Waals surface area contributed by atoms with E-state index < -0.39 is 0 Å². The number of hydrogen-bond acceptors (Lipinski definition) is 3. The van der Waals surface area contributed by atoms with E-state index in [4.69, 9.17) is 0 Å². The fourth-order valence-corrected chi connectivity index (χ4v) is 4.56. The highest BCUT2D eigenvalue weighted by Gasteiger charge is 2.31. The number of rotatable bonds is 5. The first-order chi connectivity index (χ1) is 13.8. The molecule has 3 N–H and O–H groups in total. The van der Waals surface area contributed by atoms with Crippen molar-refractivity contribution in [2.45, 2.75) is 59.4 Å². The van der Waals surface area contributed by atoms with Crippen molar-refractivity contribution in [3.05, 3.63) is 46.9 Å².